The summed E-state index contributed by atoms with van der Waals surface area (Å²) < 4.78 is -0.142. The van der Waals surface area contributed by atoms with E-state index in [-0.39, 0.29) is 56.3 Å². The predicted octanol–water partition coefficient (Wildman–Crippen LogP) is -0.298. The molecule has 0 aliphatic carbocycles. The minimum absolute atomic E-state index is 0.00315. The van der Waals surface area contributed by atoms with Gasteiger partial charge in [0, 0.05) is 0 Å². The van der Waals surface area contributed by atoms with Gasteiger partial charge in [-0.15, -0.1) is 0 Å². The zero-order valence-corrected chi connectivity index (χ0v) is 11.5. The molecule has 0 aromatic heterocycles. The van der Waals surface area contributed by atoms with Crippen molar-refractivity contribution in [2.24, 2.45) is 0 Å². The van der Waals surface area contributed by atoms with Gasteiger partial charge >= 0.3 is 23.9 Å². The molecule has 0 fully saturated rings. The van der Waals surface area contributed by atoms with Crippen LogP contribution in [0.2, 0.25) is 0 Å². The quantitative estimate of drug-likeness (QED) is 0.359. The topological polar surface area (TPSA) is 149 Å². The van der Waals surface area contributed by atoms with Gasteiger partial charge in [0.1, 0.15) is 0 Å². The third-order valence-corrected chi connectivity index (χ3v) is 3.20. The molecular formula is C12H20NO8+. The lowest BCUT2D eigenvalue weighted by atomic mass is 10.2. The molecule has 0 spiro atoms. The second-order valence-electron chi connectivity index (χ2n) is 4.81. The molecule has 0 aliphatic rings. The fraction of sp³-hybridized carbons (Fsp3) is 0.667. The minimum atomic E-state index is -1.10. The van der Waals surface area contributed by atoms with Crippen molar-refractivity contribution in [2.45, 2.75) is 25.7 Å². The van der Waals surface area contributed by atoms with Crippen molar-refractivity contribution in [1.29, 1.82) is 0 Å². The largest absolute Gasteiger partial charge is 0.481 e. The van der Waals surface area contributed by atoms with Crippen molar-refractivity contribution < 1.29 is 44.1 Å². The van der Waals surface area contributed by atoms with Crippen LogP contribution in [0.5, 0.6) is 0 Å². The van der Waals surface area contributed by atoms with E-state index in [0.29, 0.717) is 0 Å². The fourth-order valence-corrected chi connectivity index (χ4v) is 2.00. The predicted molar refractivity (Wildman–Crippen MR) is 68.7 cm³/mol. The first-order valence-corrected chi connectivity index (χ1v) is 6.39. The van der Waals surface area contributed by atoms with Crippen LogP contribution in [0.15, 0.2) is 0 Å². The van der Waals surface area contributed by atoms with Crippen LogP contribution in [-0.4, -0.2) is 75.0 Å². The van der Waals surface area contributed by atoms with Crippen molar-refractivity contribution in [3.8, 4) is 0 Å². The van der Waals surface area contributed by atoms with Gasteiger partial charge in [0.15, 0.2) is 0 Å². The van der Waals surface area contributed by atoms with Crippen molar-refractivity contribution in [3.63, 3.8) is 0 Å². The molecule has 0 atom stereocenters. The molecule has 0 aromatic rings. The first-order chi connectivity index (χ1) is 9.67. The summed E-state index contributed by atoms with van der Waals surface area (Å²) in [7, 11) is 0. The molecule has 0 unspecified atom stereocenters. The molecule has 0 heterocycles. The van der Waals surface area contributed by atoms with Gasteiger partial charge < -0.3 is 24.9 Å². The van der Waals surface area contributed by atoms with Crippen LogP contribution in [0.25, 0.3) is 0 Å². The summed E-state index contributed by atoms with van der Waals surface area (Å²) in [6.45, 7) is 0.0126. The highest BCUT2D eigenvalue weighted by Gasteiger charge is 2.30. The van der Waals surface area contributed by atoms with Gasteiger partial charge in [0.25, 0.3) is 0 Å². The normalized spacial score (nSPS) is 11.0. The lowest BCUT2D eigenvalue weighted by molar-refractivity contribution is -0.926. The first kappa shape index (κ1) is 18.8. The maximum Gasteiger partial charge on any atom is 0.309 e. The minimum Gasteiger partial charge on any atom is -0.481 e. The molecule has 9 heteroatoms. The maximum absolute atomic E-state index is 10.7. The SMILES string of the molecule is O=C(O)CC[N+](CCC(=O)O)(CCC(=O)O)CCC(=O)O. The molecular weight excluding hydrogens is 286 g/mol. The highest BCUT2D eigenvalue weighted by Crippen LogP contribution is 2.14. The highest BCUT2D eigenvalue weighted by molar-refractivity contribution is 5.68. The van der Waals surface area contributed by atoms with E-state index in [1.54, 1.807) is 0 Å². The van der Waals surface area contributed by atoms with E-state index in [9.17, 15) is 19.2 Å². The van der Waals surface area contributed by atoms with Crippen LogP contribution in [0.3, 0.4) is 0 Å². The monoisotopic (exact) mass is 306 g/mol. The number of carboxylic acid groups (broad SMARTS) is 4. The summed E-state index contributed by atoms with van der Waals surface area (Å²) in [5, 5.41) is 35.0. The molecule has 4 N–H and O–H groups in total. The van der Waals surface area contributed by atoms with Gasteiger partial charge in [-0.25, -0.2) is 0 Å². The van der Waals surface area contributed by atoms with Gasteiger partial charge in [-0.2, -0.15) is 0 Å². The van der Waals surface area contributed by atoms with Crippen LogP contribution >= 0.6 is 0 Å². The summed E-state index contributed by atoms with van der Waals surface area (Å²) in [5.41, 5.74) is 0. The first-order valence-electron chi connectivity index (χ1n) is 6.39. The Hall–Kier alpha value is -2.16. The second kappa shape index (κ2) is 8.90. The van der Waals surface area contributed by atoms with Crippen molar-refractivity contribution >= 4 is 23.9 Å². The smallest absolute Gasteiger partial charge is 0.309 e. The zero-order chi connectivity index (χ0) is 16.5. The third kappa shape index (κ3) is 9.38. The number of aliphatic carboxylic acids is 4. The van der Waals surface area contributed by atoms with E-state index < -0.39 is 23.9 Å². The lowest BCUT2D eigenvalue weighted by Gasteiger charge is -2.37. The molecule has 9 nitrogen and oxygen atoms in total. The zero-order valence-electron chi connectivity index (χ0n) is 11.5. The summed E-state index contributed by atoms with van der Waals surface area (Å²) in [6.07, 6.45) is -1.12. The average molecular weight is 306 g/mol. The van der Waals surface area contributed by atoms with Crippen LogP contribution in [-0.2, 0) is 19.2 Å². The molecule has 0 radical (unpaired) electrons. The van der Waals surface area contributed by atoms with E-state index in [0.717, 1.165) is 0 Å². The van der Waals surface area contributed by atoms with E-state index >= 15 is 0 Å². The number of carbonyl (C=O) groups is 4. The Kier molecular flexibility index (Phi) is 7.99. The Morgan fingerprint density at radius 1 is 0.524 bits per heavy atom. The van der Waals surface area contributed by atoms with E-state index in [4.69, 9.17) is 20.4 Å². The lowest BCUT2D eigenvalue weighted by Crippen LogP contribution is -2.52. The van der Waals surface area contributed by atoms with Gasteiger partial charge in [0.05, 0.1) is 51.9 Å². The average Bonchev–Trinajstić information content (AvgIpc) is 2.36. The molecule has 21 heavy (non-hydrogen) atoms. The molecule has 0 amide bonds. The molecule has 0 bridgehead atoms. The highest BCUT2D eigenvalue weighted by atomic mass is 16.4. The fourth-order valence-electron chi connectivity index (χ4n) is 2.00. The number of rotatable bonds is 12. The van der Waals surface area contributed by atoms with Crippen LogP contribution in [0.1, 0.15) is 25.7 Å². The van der Waals surface area contributed by atoms with Crippen molar-refractivity contribution in [2.75, 3.05) is 26.2 Å². The van der Waals surface area contributed by atoms with E-state index in [1.165, 1.54) is 0 Å². The van der Waals surface area contributed by atoms with E-state index in [2.05, 4.69) is 0 Å². The molecule has 0 saturated carbocycles. The van der Waals surface area contributed by atoms with Crippen LogP contribution < -0.4 is 0 Å². The Morgan fingerprint density at radius 3 is 0.857 bits per heavy atom. The van der Waals surface area contributed by atoms with Gasteiger partial charge in [-0.05, 0) is 0 Å². The number of nitrogens with zero attached hydrogens (tertiary/aromatic N) is 1. The van der Waals surface area contributed by atoms with Gasteiger partial charge in [0.2, 0.25) is 0 Å². The number of hydrogen-bond acceptors (Lipinski definition) is 4. The molecule has 0 aliphatic heterocycles. The van der Waals surface area contributed by atoms with Crippen molar-refractivity contribution in [1.82, 2.24) is 0 Å². The van der Waals surface area contributed by atoms with E-state index in [1.807, 2.05) is 0 Å². The Bertz CT molecular complexity index is 329. The number of carboxylic acids is 4. The summed E-state index contributed by atoms with van der Waals surface area (Å²) in [5.74, 6) is -4.39. The molecule has 120 valence electrons. The van der Waals surface area contributed by atoms with Gasteiger partial charge in [-0.3, -0.25) is 19.2 Å². The van der Waals surface area contributed by atoms with Gasteiger partial charge in [-0.1, -0.05) is 0 Å². The van der Waals surface area contributed by atoms with Crippen molar-refractivity contribution in [3.05, 3.63) is 0 Å². The molecule has 0 saturated heterocycles. The Balaban J connectivity index is 5.02. The Labute approximate surface area is 121 Å². The third-order valence-electron chi connectivity index (χ3n) is 3.20. The number of hydrogen-bond donors (Lipinski definition) is 4. The Morgan fingerprint density at radius 2 is 0.714 bits per heavy atom. The number of quaternary nitrogens is 1. The maximum atomic E-state index is 10.7. The molecule has 0 rings (SSSR count). The summed E-state index contributed by atoms with van der Waals surface area (Å²) in [4.78, 5) is 42.8. The summed E-state index contributed by atoms with van der Waals surface area (Å²) >= 11 is 0. The standard InChI is InChI=1S/C12H19NO8/c14-9(15)1-5-13(6-2-10(16)17,7-3-11(18)19)8-4-12(20)21/h1-8H2,(H3-,14,15,16,17,18,19,20,21)/p+1. The van der Waals surface area contributed by atoms with Crippen LogP contribution in [0, 0.1) is 0 Å². The van der Waals surface area contributed by atoms with Crippen LogP contribution in [0.4, 0.5) is 0 Å². The molecule has 0 aromatic carbocycles. The second-order valence-corrected chi connectivity index (χ2v) is 4.81. The summed E-state index contributed by atoms with van der Waals surface area (Å²) in [6, 6.07) is 0.